The summed E-state index contributed by atoms with van der Waals surface area (Å²) in [7, 11) is 0. The number of carbonyl (C=O) groups excluding carboxylic acids is 1. The van der Waals surface area contributed by atoms with E-state index in [2.05, 4.69) is 0 Å². The highest BCUT2D eigenvalue weighted by Crippen LogP contribution is 2.35. The average molecular weight is 266 g/mol. The van der Waals surface area contributed by atoms with Crippen LogP contribution in [0.3, 0.4) is 0 Å². The third kappa shape index (κ3) is 2.45. The summed E-state index contributed by atoms with van der Waals surface area (Å²) in [5.41, 5.74) is -0.169. The van der Waals surface area contributed by atoms with Crippen molar-refractivity contribution in [2.45, 2.75) is 6.61 Å². The van der Waals surface area contributed by atoms with E-state index in [4.69, 9.17) is 19.4 Å². The van der Waals surface area contributed by atoms with Gasteiger partial charge in [0.05, 0.1) is 11.8 Å². The van der Waals surface area contributed by atoms with Crippen molar-refractivity contribution in [3.63, 3.8) is 0 Å². The van der Waals surface area contributed by atoms with Crippen LogP contribution >= 0.6 is 0 Å². The highest BCUT2D eigenvalue weighted by molar-refractivity contribution is 5.92. The lowest BCUT2D eigenvalue weighted by molar-refractivity contribution is 0.0726. The number of carbonyl (C=O) groups is 1. The van der Waals surface area contributed by atoms with Crippen LogP contribution in [0.15, 0.2) is 28.9 Å². The van der Waals surface area contributed by atoms with Crippen molar-refractivity contribution in [2.24, 2.45) is 0 Å². The van der Waals surface area contributed by atoms with Crippen LogP contribution < -0.4 is 4.74 Å². The van der Waals surface area contributed by atoms with E-state index >= 15 is 0 Å². The van der Waals surface area contributed by atoms with Gasteiger partial charge in [-0.25, -0.2) is 4.79 Å². The van der Waals surface area contributed by atoms with Gasteiger partial charge in [0.2, 0.25) is 0 Å². The van der Waals surface area contributed by atoms with Gasteiger partial charge < -0.3 is 29.6 Å². The van der Waals surface area contributed by atoms with E-state index < -0.39 is 29.8 Å². The molecule has 0 unspecified atom stereocenters. The number of ether oxygens (including phenoxy) is 1. The maximum absolute atomic E-state index is 11.7. The van der Waals surface area contributed by atoms with Crippen molar-refractivity contribution in [1.29, 1.82) is 0 Å². The molecule has 2 rings (SSSR count). The number of hydrogen-bond donors (Lipinski definition) is 4. The van der Waals surface area contributed by atoms with Crippen LogP contribution in [-0.4, -0.2) is 26.4 Å². The SMILES string of the molecule is O=C(Oc1ccoc1CO)c1cc(O)c(O)c(O)c1. The molecule has 0 fully saturated rings. The van der Waals surface area contributed by atoms with Crippen molar-refractivity contribution < 1.29 is 34.4 Å². The minimum absolute atomic E-state index is 0.0274. The van der Waals surface area contributed by atoms with Crippen LogP contribution in [0.1, 0.15) is 16.1 Å². The molecule has 0 aliphatic carbocycles. The van der Waals surface area contributed by atoms with Gasteiger partial charge in [0.25, 0.3) is 0 Å². The normalized spacial score (nSPS) is 10.4. The second-order valence-electron chi connectivity index (χ2n) is 3.62. The minimum atomic E-state index is -0.887. The van der Waals surface area contributed by atoms with E-state index in [0.717, 1.165) is 12.1 Å². The fourth-order valence-electron chi connectivity index (χ4n) is 1.42. The molecule has 1 heterocycles. The molecular formula is C12H10O7. The molecule has 0 spiro atoms. The van der Waals surface area contributed by atoms with E-state index in [1.807, 2.05) is 0 Å². The van der Waals surface area contributed by atoms with E-state index in [0.29, 0.717) is 0 Å². The molecule has 1 aromatic carbocycles. The van der Waals surface area contributed by atoms with Gasteiger partial charge in [0.15, 0.2) is 28.8 Å². The summed E-state index contributed by atoms with van der Waals surface area (Å²) in [6.07, 6.45) is 1.24. The summed E-state index contributed by atoms with van der Waals surface area (Å²) >= 11 is 0. The van der Waals surface area contributed by atoms with Crippen LogP contribution in [0.5, 0.6) is 23.0 Å². The van der Waals surface area contributed by atoms with Gasteiger partial charge in [0, 0.05) is 6.07 Å². The lowest BCUT2D eigenvalue weighted by Gasteiger charge is -2.06. The van der Waals surface area contributed by atoms with Gasteiger partial charge in [-0.2, -0.15) is 0 Å². The molecule has 0 radical (unpaired) electrons. The number of phenols is 3. The largest absolute Gasteiger partial charge is 0.504 e. The molecule has 0 atom stereocenters. The van der Waals surface area contributed by atoms with Crippen molar-refractivity contribution in [3.05, 3.63) is 35.8 Å². The van der Waals surface area contributed by atoms with Crippen molar-refractivity contribution in [1.82, 2.24) is 0 Å². The first-order valence-electron chi connectivity index (χ1n) is 5.17. The van der Waals surface area contributed by atoms with Crippen LogP contribution in [0.2, 0.25) is 0 Å². The van der Waals surface area contributed by atoms with E-state index in [1.54, 1.807) is 0 Å². The molecule has 2 aromatic rings. The Hall–Kier alpha value is -2.67. The summed E-state index contributed by atoms with van der Waals surface area (Å²) in [5.74, 6) is -2.82. The van der Waals surface area contributed by atoms with Crippen LogP contribution in [-0.2, 0) is 6.61 Å². The molecule has 0 saturated heterocycles. The highest BCUT2D eigenvalue weighted by atomic mass is 16.5. The summed E-state index contributed by atoms with van der Waals surface area (Å²) < 4.78 is 9.77. The molecule has 0 saturated carbocycles. The second kappa shape index (κ2) is 4.91. The number of aromatic hydroxyl groups is 3. The number of aliphatic hydroxyl groups excluding tert-OH is 1. The Balaban J connectivity index is 2.26. The summed E-state index contributed by atoms with van der Waals surface area (Å²) in [4.78, 5) is 11.7. The fraction of sp³-hybridized carbons (Fsp3) is 0.0833. The summed E-state index contributed by atoms with van der Waals surface area (Å²) in [6, 6.07) is 3.22. The van der Waals surface area contributed by atoms with Gasteiger partial charge in [-0.1, -0.05) is 0 Å². The predicted molar refractivity (Wildman–Crippen MR) is 61.0 cm³/mol. The molecule has 0 aliphatic heterocycles. The van der Waals surface area contributed by atoms with Gasteiger partial charge in [-0.3, -0.25) is 0 Å². The number of esters is 1. The molecule has 1 aromatic heterocycles. The zero-order valence-corrected chi connectivity index (χ0v) is 9.53. The monoisotopic (exact) mass is 266 g/mol. The highest BCUT2D eigenvalue weighted by Gasteiger charge is 2.17. The minimum Gasteiger partial charge on any atom is -0.504 e. The average Bonchev–Trinajstić information content (AvgIpc) is 2.82. The third-order valence-corrected chi connectivity index (χ3v) is 2.36. The molecule has 0 bridgehead atoms. The number of furan rings is 1. The van der Waals surface area contributed by atoms with Crippen LogP contribution in [0.4, 0.5) is 0 Å². The van der Waals surface area contributed by atoms with Crippen LogP contribution in [0, 0.1) is 0 Å². The molecular weight excluding hydrogens is 256 g/mol. The molecule has 7 heteroatoms. The number of benzene rings is 1. The van der Waals surface area contributed by atoms with E-state index in [-0.39, 0.29) is 17.1 Å². The number of aliphatic hydroxyl groups is 1. The number of phenolic OH excluding ortho intramolecular Hbond substituents is 3. The van der Waals surface area contributed by atoms with Gasteiger partial charge >= 0.3 is 5.97 Å². The Bertz CT molecular complexity index is 591. The van der Waals surface area contributed by atoms with Crippen LogP contribution in [0.25, 0.3) is 0 Å². The third-order valence-electron chi connectivity index (χ3n) is 2.36. The Morgan fingerprint density at radius 3 is 2.42 bits per heavy atom. The standard InChI is InChI=1S/C12H10O7/c13-5-10-9(1-2-18-10)19-12(17)6-3-7(14)11(16)8(15)4-6/h1-4,13-16H,5H2. The summed E-state index contributed by atoms with van der Waals surface area (Å²) in [5, 5.41) is 36.6. The van der Waals surface area contributed by atoms with Gasteiger partial charge in [-0.15, -0.1) is 0 Å². The number of hydrogen-bond acceptors (Lipinski definition) is 7. The van der Waals surface area contributed by atoms with Crippen molar-refractivity contribution in [2.75, 3.05) is 0 Å². The second-order valence-corrected chi connectivity index (χ2v) is 3.62. The smallest absolute Gasteiger partial charge is 0.343 e. The number of rotatable bonds is 3. The van der Waals surface area contributed by atoms with E-state index in [9.17, 15) is 15.0 Å². The molecule has 19 heavy (non-hydrogen) atoms. The first-order valence-corrected chi connectivity index (χ1v) is 5.17. The Morgan fingerprint density at radius 2 is 1.84 bits per heavy atom. The van der Waals surface area contributed by atoms with Gasteiger partial charge in [-0.05, 0) is 12.1 Å². The molecule has 7 nitrogen and oxygen atoms in total. The fourth-order valence-corrected chi connectivity index (χ4v) is 1.42. The predicted octanol–water partition coefficient (Wildman–Crippen LogP) is 1.11. The van der Waals surface area contributed by atoms with Gasteiger partial charge in [0.1, 0.15) is 6.61 Å². The van der Waals surface area contributed by atoms with Crippen molar-refractivity contribution in [3.8, 4) is 23.0 Å². The Kier molecular flexibility index (Phi) is 3.30. The maximum atomic E-state index is 11.7. The lowest BCUT2D eigenvalue weighted by Crippen LogP contribution is -2.09. The first-order chi connectivity index (χ1) is 9.02. The quantitative estimate of drug-likeness (QED) is 0.485. The molecule has 0 amide bonds. The lowest BCUT2D eigenvalue weighted by atomic mass is 10.2. The zero-order valence-electron chi connectivity index (χ0n) is 9.53. The Morgan fingerprint density at radius 1 is 1.21 bits per heavy atom. The topological polar surface area (TPSA) is 120 Å². The molecule has 4 N–H and O–H groups in total. The molecule has 0 aliphatic rings. The maximum Gasteiger partial charge on any atom is 0.343 e. The van der Waals surface area contributed by atoms with E-state index in [1.165, 1.54) is 12.3 Å². The first kappa shape index (κ1) is 12.8. The zero-order chi connectivity index (χ0) is 14.0. The summed E-state index contributed by atoms with van der Waals surface area (Å²) in [6.45, 7) is -0.443. The van der Waals surface area contributed by atoms with Crippen molar-refractivity contribution >= 4 is 5.97 Å². The molecule has 100 valence electrons. The Labute approximate surface area is 106 Å².